The van der Waals surface area contributed by atoms with Crippen LogP contribution in [0.4, 0.5) is 4.79 Å². The number of amides is 2. The number of ether oxygens (including phenoxy) is 1. The second kappa shape index (κ2) is 10.3. The van der Waals surface area contributed by atoms with E-state index in [1.165, 1.54) is 28.3 Å². The molecule has 172 valence electrons. The van der Waals surface area contributed by atoms with E-state index >= 15 is 0 Å². The summed E-state index contributed by atoms with van der Waals surface area (Å²) in [5.74, 6) is -1.16. The van der Waals surface area contributed by atoms with E-state index in [4.69, 9.17) is 9.84 Å². The van der Waals surface area contributed by atoms with Crippen LogP contribution in [0.25, 0.3) is 11.1 Å². The van der Waals surface area contributed by atoms with Gasteiger partial charge in [-0.3, -0.25) is 4.79 Å². The number of hydrogen-bond donors (Lipinski definition) is 3. The van der Waals surface area contributed by atoms with Crippen molar-refractivity contribution in [2.75, 3.05) is 13.2 Å². The molecule has 0 unspecified atom stereocenters. The molecule has 2 aliphatic rings. The van der Waals surface area contributed by atoms with Gasteiger partial charge in [-0.1, -0.05) is 61.0 Å². The van der Waals surface area contributed by atoms with E-state index in [0.717, 1.165) is 25.3 Å². The first-order valence-electron chi connectivity index (χ1n) is 11.3. The van der Waals surface area contributed by atoms with E-state index in [1.54, 1.807) is 0 Å². The van der Waals surface area contributed by atoms with Crippen LogP contribution in [0.2, 0.25) is 0 Å². The van der Waals surface area contributed by atoms with E-state index in [9.17, 15) is 14.4 Å². The molecular formula is C26H28N2O5. The number of carboxylic acids is 1. The van der Waals surface area contributed by atoms with Gasteiger partial charge >= 0.3 is 12.1 Å². The summed E-state index contributed by atoms with van der Waals surface area (Å²) in [7, 11) is 0. The average Bonchev–Trinajstić information content (AvgIpc) is 3.37. The fraction of sp³-hybridized carbons (Fsp3) is 0.346. The van der Waals surface area contributed by atoms with Crippen LogP contribution in [0.15, 0.2) is 60.7 Å². The van der Waals surface area contributed by atoms with Crippen molar-refractivity contribution in [3.63, 3.8) is 0 Å². The quantitative estimate of drug-likeness (QED) is 0.532. The number of hydrogen-bond acceptors (Lipinski definition) is 4. The maximum Gasteiger partial charge on any atom is 0.407 e. The lowest BCUT2D eigenvalue weighted by molar-refractivity contribution is -0.131. The third-order valence-electron chi connectivity index (χ3n) is 6.43. The van der Waals surface area contributed by atoms with Crippen LogP contribution in [0.3, 0.4) is 0 Å². The van der Waals surface area contributed by atoms with Gasteiger partial charge in [-0.2, -0.15) is 0 Å². The van der Waals surface area contributed by atoms with Crippen molar-refractivity contribution in [1.29, 1.82) is 0 Å². The molecule has 1 fully saturated rings. The van der Waals surface area contributed by atoms with E-state index < -0.39 is 12.1 Å². The molecule has 2 aliphatic carbocycles. The van der Waals surface area contributed by atoms with Crippen LogP contribution in [0.5, 0.6) is 0 Å². The van der Waals surface area contributed by atoms with Crippen molar-refractivity contribution in [3.05, 3.63) is 71.8 Å². The smallest absolute Gasteiger partial charge is 0.407 e. The first-order valence-corrected chi connectivity index (χ1v) is 11.3. The normalized spacial score (nSPS) is 19.2. The van der Waals surface area contributed by atoms with Crippen molar-refractivity contribution in [2.45, 2.75) is 37.6 Å². The van der Waals surface area contributed by atoms with Gasteiger partial charge in [-0.05, 0) is 41.0 Å². The van der Waals surface area contributed by atoms with E-state index in [1.807, 2.05) is 24.3 Å². The molecule has 1 saturated carbocycles. The van der Waals surface area contributed by atoms with Crippen LogP contribution in [0.1, 0.15) is 42.7 Å². The Bertz CT molecular complexity index is 1020. The molecule has 2 aromatic carbocycles. The predicted molar refractivity (Wildman–Crippen MR) is 124 cm³/mol. The SMILES string of the molecule is O=C(O)/C=C/CNC(=O)C[C@@H]1CCC[C@H]1NC(=O)OCC1c2ccccc2-c2ccccc21. The summed E-state index contributed by atoms with van der Waals surface area (Å²) >= 11 is 0. The highest BCUT2D eigenvalue weighted by Crippen LogP contribution is 2.44. The lowest BCUT2D eigenvalue weighted by Gasteiger charge is -2.21. The van der Waals surface area contributed by atoms with Gasteiger partial charge in [0.15, 0.2) is 0 Å². The number of alkyl carbamates (subject to hydrolysis) is 1. The zero-order valence-electron chi connectivity index (χ0n) is 18.3. The number of aliphatic carboxylic acids is 1. The predicted octanol–water partition coefficient (Wildman–Crippen LogP) is 3.84. The topological polar surface area (TPSA) is 105 Å². The third kappa shape index (κ3) is 5.42. The highest BCUT2D eigenvalue weighted by Gasteiger charge is 2.32. The molecule has 0 aliphatic heterocycles. The summed E-state index contributed by atoms with van der Waals surface area (Å²) < 4.78 is 5.64. The summed E-state index contributed by atoms with van der Waals surface area (Å²) in [6, 6.07) is 16.3. The minimum atomic E-state index is -1.05. The molecule has 0 heterocycles. The molecule has 0 spiro atoms. The number of carbonyl (C=O) groups excluding carboxylic acids is 2. The van der Waals surface area contributed by atoms with Gasteiger partial charge in [0.1, 0.15) is 6.61 Å². The molecule has 0 saturated heterocycles. The van der Waals surface area contributed by atoms with Gasteiger partial charge in [0.2, 0.25) is 5.91 Å². The monoisotopic (exact) mass is 448 g/mol. The maximum atomic E-state index is 12.6. The Morgan fingerprint density at radius 1 is 1.00 bits per heavy atom. The van der Waals surface area contributed by atoms with Crippen LogP contribution < -0.4 is 10.6 Å². The minimum Gasteiger partial charge on any atom is -0.478 e. The van der Waals surface area contributed by atoms with Crippen LogP contribution in [-0.2, 0) is 14.3 Å². The van der Waals surface area contributed by atoms with Gasteiger partial charge in [-0.15, -0.1) is 0 Å². The molecule has 33 heavy (non-hydrogen) atoms. The van der Waals surface area contributed by atoms with Crippen molar-refractivity contribution in [3.8, 4) is 11.1 Å². The van der Waals surface area contributed by atoms with Gasteiger partial charge < -0.3 is 20.5 Å². The summed E-state index contributed by atoms with van der Waals surface area (Å²) in [4.78, 5) is 35.2. The lowest BCUT2D eigenvalue weighted by Crippen LogP contribution is -2.40. The molecule has 2 atom stereocenters. The second-order valence-electron chi connectivity index (χ2n) is 8.52. The Kier molecular flexibility index (Phi) is 7.07. The molecule has 2 amide bonds. The van der Waals surface area contributed by atoms with Crippen molar-refractivity contribution < 1.29 is 24.2 Å². The Morgan fingerprint density at radius 3 is 2.33 bits per heavy atom. The molecular weight excluding hydrogens is 420 g/mol. The zero-order valence-corrected chi connectivity index (χ0v) is 18.3. The molecule has 4 rings (SSSR count). The van der Waals surface area contributed by atoms with Gasteiger partial charge in [-0.25, -0.2) is 9.59 Å². The molecule has 3 N–H and O–H groups in total. The fourth-order valence-corrected chi connectivity index (χ4v) is 4.91. The Labute approximate surface area is 192 Å². The van der Waals surface area contributed by atoms with Crippen molar-refractivity contribution >= 4 is 18.0 Å². The third-order valence-corrected chi connectivity index (χ3v) is 6.43. The second-order valence-corrected chi connectivity index (χ2v) is 8.52. The summed E-state index contributed by atoms with van der Waals surface area (Å²) in [5.41, 5.74) is 4.70. The van der Waals surface area contributed by atoms with Crippen LogP contribution in [-0.4, -0.2) is 42.3 Å². The van der Waals surface area contributed by atoms with Crippen molar-refractivity contribution in [2.24, 2.45) is 5.92 Å². The van der Waals surface area contributed by atoms with Crippen molar-refractivity contribution in [1.82, 2.24) is 10.6 Å². The van der Waals surface area contributed by atoms with E-state index in [0.29, 0.717) is 0 Å². The fourth-order valence-electron chi connectivity index (χ4n) is 4.91. The molecule has 7 nitrogen and oxygen atoms in total. The number of nitrogens with one attached hydrogen (secondary N) is 2. The number of carbonyl (C=O) groups is 3. The number of carboxylic acid groups (broad SMARTS) is 1. The molecule has 0 bridgehead atoms. The zero-order chi connectivity index (χ0) is 23.2. The molecule has 0 aromatic heterocycles. The first kappa shape index (κ1) is 22.6. The molecule has 7 heteroatoms. The first-order chi connectivity index (χ1) is 16.0. The Morgan fingerprint density at radius 2 is 1.67 bits per heavy atom. The van der Waals surface area contributed by atoms with E-state index in [2.05, 4.69) is 34.9 Å². The largest absolute Gasteiger partial charge is 0.478 e. The Balaban J connectivity index is 1.29. The minimum absolute atomic E-state index is 0.00663. The lowest BCUT2D eigenvalue weighted by atomic mass is 9.98. The molecule has 0 radical (unpaired) electrons. The maximum absolute atomic E-state index is 12.6. The number of benzene rings is 2. The van der Waals surface area contributed by atoms with E-state index in [-0.39, 0.29) is 43.4 Å². The standard InChI is InChI=1S/C26H28N2O5/c29-24(27-14-6-13-25(30)31)15-17-7-5-12-23(17)28-26(32)33-16-22-20-10-3-1-8-18(20)19-9-2-4-11-21(19)22/h1-4,6,8-11,13,17,22-23H,5,7,12,14-16H2,(H,27,29)(H,28,32)(H,30,31)/b13-6+/t17-,23+/m0/s1. The number of fused-ring (bicyclic) bond motifs is 3. The van der Waals surface area contributed by atoms with Crippen LogP contribution >= 0.6 is 0 Å². The summed E-state index contributed by atoms with van der Waals surface area (Å²) in [5, 5.41) is 14.2. The highest BCUT2D eigenvalue weighted by molar-refractivity contribution is 5.80. The van der Waals surface area contributed by atoms with Gasteiger partial charge in [0.25, 0.3) is 0 Å². The van der Waals surface area contributed by atoms with Gasteiger partial charge in [0.05, 0.1) is 0 Å². The Hall–Kier alpha value is -3.61. The van der Waals surface area contributed by atoms with Gasteiger partial charge in [0, 0.05) is 31.0 Å². The molecule has 2 aromatic rings. The average molecular weight is 449 g/mol. The highest BCUT2D eigenvalue weighted by atomic mass is 16.5. The summed E-state index contributed by atoms with van der Waals surface area (Å²) in [6.45, 7) is 0.427. The van der Waals surface area contributed by atoms with Crippen LogP contribution in [0, 0.1) is 5.92 Å². The number of rotatable bonds is 8. The summed E-state index contributed by atoms with van der Waals surface area (Å²) in [6.07, 6.45) is 4.81.